The zero-order valence-corrected chi connectivity index (χ0v) is 15.8. The van der Waals surface area contributed by atoms with Gasteiger partial charge in [-0.3, -0.25) is 9.59 Å². The zero-order valence-electron chi connectivity index (χ0n) is 14.9. The van der Waals surface area contributed by atoms with E-state index in [0.29, 0.717) is 22.8 Å². The van der Waals surface area contributed by atoms with Crippen LogP contribution in [0.1, 0.15) is 50.9 Å². The maximum absolute atomic E-state index is 12.4. The van der Waals surface area contributed by atoms with Crippen LogP contribution in [0.2, 0.25) is 0 Å². The number of carbonyl (C=O) groups excluding carboxylic acids is 2. The number of hydrogen-bond donors (Lipinski definition) is 1. The standard InChI is InChI=1S/C17H23N5O2S/c1-5-6-15(24)18-13-9-7-12(8-10-13)14(23)11-25-16-19-20-21-22(16)17(2,3)4/h7-10H,5-6,11H2,1-4H3,(H,18,24). The summed E-state index contributed by atoms with van der Waals surface area (Å²) in [6, 6.07) is 6.92. The maximum atomic E-state index is 12.4. The average molecular weight is 361 g/mol. The van der Waals surface area contributed by atoms with Crippen LogP contribution >= 0.6 is 11.8 Å². The third kappa shape index (κ3) is 5.38. The number of hydrogen-bond acceptors (Lipinski definition) is 6. The molecule has 2 rings (SSSR count). The van der Waals surface area contributed by atoms with Gasteiger partial charge in [-0.05, 0) is 61.9 Å². The Morgan fingerprint density at radius 1 is 1.20 bits per heavy atom. The van der Waals surface area contributed by atoms with Crippen molar-refractivity contribution in [3.8, 4) is 0 Å². The van der Waals surface area contributed by atoms with Gasteiger partial charge in [-0.2, -0.15) is 0 Å². The molecule has 0 saturated carbocycles. The van der Waals surface area contributed by atoms with Crippen LogP contribution in [-0.2, 0) is 10.3 Å². The number of amides is 1. The van der Waals surface area contributed by atoms with Crippen LogP contribution in [0.25, 0.3) is 0 Å². The molecule has 1 amide bonds. The van der Waals surface area contributed by atoms with E-state index < -0.39 is 0 Å². The predicted molar refractivity (Wildman–Crippen MR) is 97.8 cm³/mol. The summed E-state index contributed by atoms with van der Waals surface area (Å²) in [5.41, 5.74) is 1.04. The van der Waals surface area contributed by atoms with Gasteiger partial charge in [0.1, 0.15) is 0 Å². The Kier molecular flexibility index (Phi) is 6.30. The second kappa shape index (κ2) is 8.24. The Hall–Kier alpha value is -2.22. The summed E-state index contributed by atoms with van der Waals surface area (Å²) in [6.07, 6.45) is 1.29. The smallest absolute Gasteiger partial charge is 0.224 e. The lowest BCUT2D eigenvalue weighted by Crippen LogP contribution is -2.24. The summed E-state index contributed by atoms with van der Waals surface area (Å²) in [5, 5.41) is 15.1. The first-order chi connectivity index (χ1) is 11.8. The fourth-order valence-electron chi connectivity index (χ4n) is 2.09. The van der Waals surface area contributed by atoms with Gasteiger partial charge in [-0.25, -0.2) is 4.68 Å². The number of aromatic nitrogens is 4. The van der Waals surface area contributed by atoms with Crippen LogP contribution < -0.4 is 5.32 Å². The molecule has 0 aliphatic heterocycles. The number of Topliss-reactive ketones (excluding diaryl/α,β-unsaturated/α-hetero) is 1. The van der Waals surface area contributed by atoms with Crippen LogP contribution in [0.4, 0.5) is 5.69 Å². The second-order valence-corrected chi connectivity index (χ2v) is 7.57. The normalized spacial score (nSPS) is 11.4. The van der Waals surface area contributed by atoms with Gasteiger partial charge < -0.3 is 5.32 Å². The molecular formula is C17H23N5O2S. The highest BCUT2D eigenvalue weighted by Gasteiger charge is 2.20. The SMILES string of the molecule is CCCC(=O)Nc1ccc(C(=O)CSc2nnnn2C(C)(C)C)cc1. The second-order valence-electron chi connectivity index (χ2n) is 6.63. The Morgan fingerprint density at radius 3 is 2.48 bits per heavy atom. The highest BCUT2D eigenvalue weighted by molar-refractivity contribution is 7.99. The number of thioether (sulfide) groups is 1. The molecule has 1 heterocycles. The average Bonchev–Trinajstić information content (AvgIpc) is 3.02. The van der Waals surface area contributed by atoms with Crippen molar-refractivity contribution in [2.75, 3.05) is 11.1 Å². The molecule has 8 heteroatoms. The van der Waals surface area contributed by atoms with E-state index in [2.05, 4.69) is 20.8 Å². The van der Waals surface area contributed by atoms with Crippen molar-refractivity contribution in [1.82, 2.24) is 20.2 Å². The Labute approximate surface area is 151 Å². The number of rotatable bonds is 7. The van der Waals surface area contributed by atoms with Crippen molar-refractivity contribution in [3.63, 3.8) is 0 Å². The largest absolute Gasteiger partial charge is 0.326 e. The molecule has 0 bridgehead atoms. The van der Waals surface area contributed by atoms with Gasteiger partial charge >= 0.3 is 0 Å². The first-order valence-electron chi connectivity index (χ1n) is 8.16. The molecule has 0 aliphatic rings. The molecule has 7 nitrogen and oxygen atoms in total. The summed E-state index contributed by atoms with van der Waals surface area (Å²) in [7, 11) is 0. The number of tetrazole rings is 1. The lowest BCUT2D eigenvalue weighted by Gasteiger charge is -2.19. The quantitative estimate of drug-likeness (QED) is 0.602. The maximum Gasteiger partial charge on any atom is 0.224 e. The van der Waals surface area contributed by atoms with Crippen molar-refractivity contribution >= 4 is 29.1 Å². The highest BCUT2D eigenvalue weighted by Crippen LogP contribution is 2.22. The lowest BCUT2D eigenvalue weighted by molar-refractivity contribution is -0.116. The van der Waals surface area contributed by atoms with Crippen LogP contribution in [0.3, 0.4) is 0 Å². The van der Waals surface area contributed by atoms with E-state index in [1.54, 1.807) is 28.9 Å². The molecule has 0 radical (unpaired) electrons. The van der Waals surface area contributed by atoms with Gasteiger partial charge in [0, 0.05) is 17.7 Å². The number of ketones is 1. The molecular weight excluding hydrogens is 338 g/mol. The summed E-state index contributed by atoms with van der Waals surface area (Å²) >= 11 is 1.31. The number of benzene rings is 1. The van der Waals surface area contributed by atoms with E-state index in [-0.39, 0.29) is 23.0 Å². The van der Waals surface area contributed by atoms with Gasteiger partial charge in [0.15, 0.2) is 5.78 Å². The van der Waals surface area contributed by atoms with E-state index in [0.717, 1.165) is 6.42 Å². The van der Waals surface area contributed by atoms with E-state index in [9.17, 15) is 9.59 Å². The number of nitrogens with one attached hydrogen (secondary N) is 1. The first kappa shape index (κ1) is 19.1. The van der Waals surface area contributed by atoms with Gasteiger partial charge in [0.2, 0.25) is 11.1 Å². The summed E-state index contributed by atoms with van der Waals surface area (Å²) in [6.45, 7) is 7.96. The van der Waals surface area contributed by atoms with Crippen molar-refractivity contribution in [2.24, 2.45) is 0 Å². The van der Waals surface area contributed by atoms with E-state index in [1.165, 1.54) is 11.8 Å². The Bertz CT molecular complexity index is 734. The molecule has 0 fully saturated rings. The number of carbonyl (C=O) groups is 2. The van der Waals surface area contributed by atoms with Gasteiger partial charge in [-0.1, -0.05) is 18.7 Å². The minimum Gasteiger partial charge on any atom is -0.326 e. The molecule has 1 aromatic carbocycles. The fourth-order valence-corrected chi connectivity index (χ4v) is 3.05. The Balaban J connectivity index is 1.95. The van der Waals surface area contributed by atoms with Crippen LogP contribution in [0, 0.1) is 0 Å². The molecule has 25 heavy (non-hydrogen) atoms. The zero-order chi connectivity index (χ0) is 18.4. The lowest BCUT2D eigenvalue weighted by atomic mass is 10.1. The van der Waals surface area contributed by atoms with Gasteiger partial charge in [0.25, 0.3) is 0 Å². The van der Waals surface area contributed by atoms with E-state index in [1.807, 2.05) is 27.7 Å². The molecule has 1 aromatic heterocycles. The summed E-state index contributed by atoms with van der Waals surface area (Å²) < 4.78 is 1.71. The number of anilines is 1. The van der Waals surface area contributed by atoms with E-state index >= 15 is 0 Å². The first-order valence-corrected chi connectivity index (χ1v) is 9.14. The topological polar surface area (TPSA) is 89.8 Å². The molecule has 0 saturated heterocycles. The minimum absolute atomic E-state index is 0.0140. The third-order valence-electron chi connectivity index (χ3n) is 3.38. The molecule has 0 aliphatic carbocycles. The van der Waals surface area contributed by atoms with Gasteiger partial charge in [-0.15, -0.1) is 5.10 Å². The van der Waals surface area contributed by atoms with Crippen molar-refractivity contribution < 1.29 is 9.59 Å². The minimum atomic E-state index is -0.243. The van der Waals surface area contributed by atoms with Gasteiger partial charge in [0.05, 0.1) is 11.3 Å². The molecule has 1 N–H and O–H groups in total. The fraction of sp³-hybridized carbons (Fsp3) is 0.471. The molecule has 0 unspecified atom stereocenters. The Morgan fingerprint density at radius 2 is 1.88 bits per heavy atom. The molecule has 0 spiro atoms. The third-order valence-corrected chi connectivity index (χ3v) is 4.30. The van der Waals surface area contributed by atoms with Crippen molar-refractivity contribution in [1.29, 1.82) is 0 Å². The van der Waals surface area contributed by atoms with Crippen LogP contribution in [0.5, 0.6) is 0 Å². The van der Waals surface area contributed by atoms with Crippen molar-refractivity contribution in [3.05, 3.63) is 29.8 Å². The summed E-state index contributed by atoms with van der Waals surface area (Å²) in [4.78, 5) is 23.9. The molecule has 2 aromatic rings. The van der Waals surface area contributed by atoms with E-state index in [4.69, 9.17) is 0 Å². The predicted octanol–water partition coefficient (Wildman–Crippen LogP) is 3.14. The monoisotopic (exact) mass is 361 g/mol. The highest BCUT2D eigenvalue weighted by atomic mass is 32.2. The van der Waals surface area contributed by atoms with Crippen molar-refractivity contribution in [2.45, 2.75) is 51.2 Å². The van der Waals surface area contributed by atoms with Crippen LogP contribution in [0.15, 0.2) is 29.4 Å². The number of nitrogens with zero attached hydrogens (tertiary/aromatic N) is 4. The molecule has 0 atom stereocenters. The molecule has 134 valence electrons. The summed E-state index contributed by atoms with van der Waals surface area (Å²) in [5.74, 6) is 0.212. The van der Waals surface area contributed by atoms with Crippen LogP contribution in [-0.4, -0.2) is 37.7 Å².